The number of benzene rings is 1. The van der Waals surface area contributed by atoms with Crippen molar-refractivity contribution in [2.75, 3.05) is 10.6 Å². The SMILES string of the molecule is Cc1ccc(Cl)cc1Nc1ncnc(Nc2ccc(Cl)cn2)c1[N+](=O)[O-]. The van der Waals surface area contributed by atoms with Gasteiger partial charge in [-0.3, -0.25) is 10.1 Å². The predicted molar refractivity (Wildman–Crippen MR) is 101 cm³/mol. The molecular formula is C16H12Cl2N6O2. The Kier molecular flexibility index (Phi) is 5.15. The molecule has 0 saturated carbocycles. The van der Waals surface area contributed by atoms with Crippen LogP contribution in [-0.2, 0) is 0 Å². The Labute approximate surface area is 158 Å². The van der Waals surface area contributed by atoms with E-state index in [0.29, 0.717) is 21.6 Å². The van der Waals surface area contributed by atoms with Gasteiger partial charge in [-0.05, 0) is 36.8 Å². The topological polar surface area (TPSA) is 106 Å². The summed E-state index contributed by atoms with van der Waals surface area (Å²) in [5, 5.41) is 18.3. The van der Waals surface area contributed by atoms with Crippen molar-refractivity contribution in [3.8, 4) is 0 Å². The number of aryl methyl sites for hydroxylation is 1. The van der Waals surface area contributed by atoms with Gasteiger partial charge in [-0.2, -0.15) is 0 Å². The Hall–Kier alpha value is -2.97. The third-order valence-corrected chi connectivity index (χ3v) is 3.89. The summed E-state index contributed by atoms with van der Waals surface area (Å²) in [5.74, 6) is 0.398. The van der Waals surface area contributed by atoms with Crippen LogP contribution < -0.4 is 10.6 Å². The van der Waals surface area contributed by atoms with Crippen LogP contribution in [-0.4, -0.2) is 19.9 Å². The van der Waals surface area contributed by atoms with Gasteiger partial charge < -0.3 is 10.6 Å². The predicted octanol–water partition coefficient (Wildman–Crippen LogP) is 4.88. The summed E-state index contributed by atoms with van der Waals surface area (Å²) >= 11 is 11.8. The molecule has 0 atom stereocenters. The number of anilines is 4. The molecule has 0 bridgehead atoms. The molecule has 0 aliphatic heterocycles. The zero-order valence-electron chi connectivity index (χ0n) is 13.4. The van der Waals surface area contributed by atoms with Crippen LogP contribution in [0.25, 0.3) is 0 Å². The van der Waals surface area contributed by atoms with Crippen LogP contribution in [0.4, 0.5) is 28.8 Å². The highest BCUT2D eigenvalue weighted by atomic mass is 35.5. The lowest BCUT2D eigenvalue weighted by atomic mass is 10.2. The van der Waals surface area contributed by atoms with Crippen LogP contribution in [0.2, 0.25) is 10.0 Å². The summed E-state index contributed by atoms with van der Waals surface area (Å²) < 4.78 is 0. The lowest BCUT2D eigenvalue weighted by Crippen LogP contribution is -2.06. The maximum Gasteiger partial charge on any atom is 0.353 e. The van der Waals surface area contributed by atoms with E-state index >= 15 is 0 Å². The van der Waals surface area contributed by atoms with Crippen molar-refractivity contribution in [2.45, 2.75) is 6.92 Å². The smallest absolute Gasteiger partial charge is 0.334 e. The maximum absolute atomic E-state index is 11.6. The molecule has 0 unspecified atom stereocenters. The summed E-state index contributed by atoms with van der Waals surface area (Å²) in [5.41, 5.74) is 1.15. The average Bonchev–Trinajstić information content (AvgIpc) is 2.60. The van der Waals surface area contributed by atoms with Crippen molar-refractivity contribution >= 4 is 52.0 Å². The number of hydrogen-bond acceptors (Lipinski definition) is 7. The number of hydrogen-bond donors (Lipinski definition) is 2. The third kappa shape index (κ3) is 3.98. The first-order chi connectivity index (χ1) is 12.4. The monoisotopic (exact) mass is 390 g/mol. The van der Waals surface area contributed by atoms with Gasteiger partial charge in [0, 0.05) is 16.9 Å². The van der Waals surface area contributed by atoms with Gasteiger partial charge in [-0.25, -0.2) is 15.0 Å². The fourth-order valence-corrected chi connectivity index (χ4v) is 2.45. The molecule has 3 aromatic rings. The Morgan fingerprint density at radius 3 is 2.35 bits per heavy atom. The van der Waals surface area contributed by atoms with Gasteiger partial charge in [0.05, 0.1) is 9.95 Å². The van der Waals surface area contributed by atoms with Gasteiger partial charge in [0.15, 0.2) is 0 Å². The molecule has 0 fully saturated rings. The van der Waals surface area contributed by atoms with Crippen LogP contribution in [0.1, 0.15) is 5.56 Å². The van der Waals surface area contributed by atoms with Crippen LogP contribution in [0.15, 0.2) is 42.9 Å². The van der Waals surface area contributed by atoms with Crippen molar-refractivity contribution in [3.63, 3.8) is 0 Å². The molecule has 2 N–H and O–H groups in total. The normalized spacial score (nSPS) is 10.4. The Balaban J connectivity index is 1.99. The molecule has 8 nitrogen and oxygen atoms in total. The van der Waals surface area contributed by atoms with Gasteiger partial charge in [-0.1, -0.05) is 29.3 Å². The summed E-state index contributed by atoms with van der Waals surface area (Å²) in [6.45, 7) is 1.85. The zero-order chi connectivity index (χ0) is 18.7. The number of nitrogens with one attached hydrogen (secondary N) is 2. The lowest BCUT2D eigenvalue weighted by molar-refractivity contribution is -0.383. The minimum Gasteiger partial charge on any atom is -0.334 e. The molecule has 0 spiro atoms. The van der Waals surface area contributed by atoms with E-state index in [4.69, 9.17) is 23.2 Å². The van der Waals surface area contributed by atoms with E-state index in [1.165, 1.54) is 12.5 Å². The highest BCUT2D eigenvalue weighted by molar-refractivity contribution is 6.31. The van der Waals surface area contributed by atoms with E-state index < -0.39 is 4.92 Å². The summed E-state index contributed by atoms with van der Waals surface area (Å²) in [7, 11) is 0. The third-order valence-electron chi connectivity index (χ3n) is 3.43. The molecule has 26 heavy (non-hydrogen) atoms. The van der Waals surface area contributed by atoms with Crippen molar-refractivity contribution in [1.29, 1.82) is 0 Å². The van der Waals surface area contributed by atoms with Crippen molar-refractivity contribution in [2.24, 2.45) is 0 Å². The molecule has 0 aliphatic rings. The first kappa shape index (κ1) is 17.8. The summed E-state index contributed by atoms with van der Waals surface area (Å²) in [6.07, 6.45) is 2.64. The molecule has 10 heteroatoms. The number of rotatable bonds is 5. The van der Waals surface area contributed by atoms with Crippen LogP contribution in [0.5, 0.6) is 0 Å². The van der Waals surface area contributed by atoms with Gasteiger partial charge in [-0.15, -0.1) is 0 Å². The molecule has 2 heterocycles. The molecule has 2 aromatic heterocycles. The maximum atomic E-state index is 11.6. The van der Waals surface area contributed by atoms with Crippen molar-refractivity contribution < 1.29 is 4.92 Å². The van der Waals surface area contributed by atoms with Crippen molar-refractivity contribution in [3.05, 3.63) is 68.6 Å². The van der Waals surface area contributed by atoms with Gasteiger partial charge in [0.1, 0.15) is 12.1 Å². The second kappa shape index (κ2) is 7.51. The first-order valence-electron chi connectivity index (χ1n) is 7.35. The summed E-state index contributed by atoms with van der Waals surface area (Å²) in [4.78, 5) is 23.0. The molecule has 0 aliphatic carbocycles. The molecule has 132 valence electrons. The fourth-order valence-electron chi connectivity index (χ4n) is 2.16. The molecule has 1 aromatic carbocycles. The van der Waals surface area contributed by atoms with Crippen molar-refractivity contribution in [1.82, 2.24) is 15.0 Å². The number of halogens is 2. The van der Waals surface area contributed by atoms with Crippen LogP contribution >= 0.6 is 23.2 Å². The quantitative estimate of drug-likeness (QED) is 0.472. The number of nitro groups is 1. The molecular weight excluding hydrogens is 379 g/mol. The van der Waals surface area contributed by atoms with Gasteiger partial charge in [0.2, 0.25) is 11.6 Å². The van der Waals surface area contributed by atoms with Crippen LogP contribution in [0.3, 0.4) is 0 Å². The second-order valence-electron chi connectivity index (χ2n) is 5.25. The molecule has 3 rings (SSSR count). The number of pyridine rings is 1. The highest BCUT2D eigenvalue weighted by Crippen LogP contribution is 2.34. The fraction of sp³-hybridized carbons (Fsp3) is 0.0625. The van der Waals surface area contributed by atoms with Gasteiger partial charge >= 0.3 is 5.69 Å². The average molecular weight is 391 g/mol. The largest absolute Gasteiger partial charge is 0.353 e. The lowest BCUT2D eigenvalue weighted by Gasteiger charge is -2.11. The van der Waals surface area contributed by atoms with E-state index in [2.05, 4.69) is 25.6 Å². The van der Waals surface area contributed by atoms with E-state index in [1.807, 2.05) is 6.92 Å². The van der Waals surface area contributed by atoms with E-state index in [9.17, 15) is 10.1 Å². The minimum absolute atomic E-state index is 0.00186. The Bertz CT molecular complexity index is 965. The van der Waals surface area contributed by atoms with E-state index in [1.54, 1.807) is 30.3 Å². The first-order valence-corrected chi connectivity index (χ1v) is 8.11. The van der Waals surface area contributed by atoms with E-state index in [-0.39, 0.29) is 17.3 Å². The Morgan fingerprint density at radius 2 is 1.69 bits per heavy atom. The van der Waals surface area contributed by atoms with E-state index in [0.717, 1.165) is 5.56 Å². The minimum atomic E-state index is -0.569. The standard InChI is InChI=1S/C16H12Cl2N6O2/c1-9-2-3-10(17)6-12(9)22-15-14(24(25)26)16(21-8-20-15)23-13-5-4-11(18)7-19-13/h2-8H,1H3,(H2,19,20,21,22,23). The number of aromatic nitrogens is 3. The number of nitrogens with zero attached hydrogens (tertiary/aromatic N) is 4. The molecule has 0 radical (unpaired) electrons. The zero-order valence-corrected chi connectivity index (χ0v) is 14.9. The molecule has 0 amide bonds. The second-order valence-corrected chi connectivity index (χ2v) is 6.12. The highest BCUT2D eigenvalue weighted by Gasteiger charge is 2.24. The molecule has 0 saturated heterocycles. The van der Waals surface area contributed by atoms with Gasteiger partial charge in [0.25, 0.3) is 0 Å². The Morgan fingerprint density at radius 1 is 1.00 bits per heavy atom. The summed E-state index contributed by atoms with van der Waals surface area (Å²) in [6, 6.07) is 8.39. The van der Waals surface area contributed by atoms with Crippen LogP contribution in [0, 0.1) is 17.0 Å².